The predicted octanol–water partition coefficient (Wildman–Crippen LogP) is 1.36. The average Bonchev–Trinajstić information content (AvgIpc) is 3.03. The number of rotatable bonds is 3. The van der Waals surface area contributed by atoms with Gasteiger partial charge in [0.2, 0.25) is 0 Å². The predicted molar refractivity (Wildman–Crippen MR) is 80.0 cm³/mol. The fraction of sp³-hybridized carbons (Fsp3) is 0.643. The second kappa shape index (κ2) is 5.06. The topological polar surface area (TPSA) is 65.5 Å². The third kappa shape index (κ3) is 2.44. The summed E-state index contributed by atoms with van der Waals surface area (Å²) in [6.07, 6.45) is 0.671. The molecule has 1 aromatic rings. The first kappa shape index (κ1) is 14.5. The van der Waals surface area contributed by atoms with Crippen molar-refractivity contribution in [1.29, 1.82) is 0 Å². The Labute approximate surface area is 128 Å². The lowest BCUT2D eigenvalue weighted by molar-refractivity contribution is -0.132. The van der Waals surface area contributed by atoms with E-state index >= 15 is 0 Å². The number of imide groups is 1. The second-order valence-electron chi connectivity index (χ2n) is 6.10. The molecule has 0 bridgehead atoms. The maximum absolute atomic E-state index is 12.6. The van der Waals surface area contributed by atoms with Gasteiger partial charge in [-0.1, -0.05) is 0 Å². The van der Waals surface area contributed by atoms with Gasteiger partial charge >= 0.3 is 6.03 Å². The van der Waals surface area contributed by atoms with Gasteiger partial charge in [-0.3, -0.25) is 14.6 Å². The van der Waals surface area contributed by atoms with Gasteiger partial charge in [-0.25, -0.2) is 9.78 Å². The zero-order valence-corrected chi connectivity index (χ0v) is 13.4. The van der Waals surface area contributed by atoms with Crippen LogP contribution in [0.15, 0.2) is 5.38 Å². The summed E-state index contributed by atoms with van der Waals surface area (Å²) < 4.78 is 0. The molecule has 1 N–H and O–H groups in total. The Morgan fingerprint density at radius 2 is 2.24 bits per heavy atom. The van der Waals surface area contributed by atoms with E-state index in [1.165, 1.54) is 4.90 Å². The Hall–Kier alpha value is -1.47. The van der Waals surface area contributed by atoms with Crippen molar-refractivity contribution in [3.63, 3.8) is 0 Å². The first-order valence-corrected chi connectivity index (χ1v) is 8.08. The summed E-state index contributed by atoms with van der Waals surface area (Å²) >= 11 is 1.63. The lowest BCUT2D eigenvalue weighted by Crippen LogP contribution is -2.49. The minimum Gasteiger partial charge on any atom is -0.322 e. The lowest BCUT2D eigenvalue weighted by Gasteiger charge is -2.23. The molecule has 0 aliphatic carbocycles. The number of hydrogen-bond acceptors (Lipinski definition) is 5. The standard InChI is InChI=1S/C14H20N4O2S/c1-9(2)18-12(19)14(16-13(18)20)4-5-17(8-14)6-11-7-21-10(3)15-11/h7,9H,4-6,8H2,1-3H3,(H,16,20). The summed E-state index contributed by atoms with van der Waals surface area (Å²) in [7, 11) is 0. The monoisotopic (exact) mass is 308 g/mol. The van der Waals surface area contributed by atoms with Gasteiger partial charge in [-0.15, -0.1) is 11.3 Å². The Kier molecular flexibility index (Phi) is 3.49. The van der Waals surface area contributed by atoms with Gasteiger partial charge in [0.1, 0.15) is 5.54 Å². The minimum atomic E-state index is -0.730. The van der Waals surface area contributed by atoms with Crippen LogP contribution in [0.25, 0.3) is 0 Å². The Bertz CT molecular complexity index is 585. The number of aryl methyl sites for hydroxylation is 1. The van der Waals surface area contributed by atoms with Crippen LogP contribution in [-0.2, 0) is 11.3 Å². The van der Waals surface area contributed by atoms with Gasteiger partial charge in [0.15, 0.2) is 0 Å². The number of nitrogens with one attached hydrogen (secondary N) is 1. The molecule has 3 rings (SSSR count). The van der Waals surface area contributed by atoms with Gasteiger partial charge in [0.25, 0.3) is 5.91 Å². The molecule has 114 valence electrons. The summed E-state index contributed by atoms with van der Waals surface area (Å²) in [6, 6.07) is -0.367. The van der Waals surface area contributed by atoms with E-state index in [0.29, 0.717) is 13.0 Å². The summed E-state index contributed by atoms with van der Waals surface area (Å²) in [5, 5.41) is 6.01. The van der Waals surface area contributed by atoms with Crippen LogP contribution >= 0.6 is 11.3 Å². The van der Waals surface area contributed by atoms with Gasteiger partial charge in [0, 0.05) is 31.1 Å². The van der Waals surface area contributed by atoms with Crippen molar-refractivity contribution >= 4 is 23.3 Å². The molecular weight excluding hydrogens is 288 g/mol. The molecule has 2 saturated heterocycles. The lowest BCUT2D eigenvalue weighted by atomic mass is 9.98. The molecule has 1 atom stereocenters. The van der Waals surface area contributed by atoms with Crippen molar-refractivity contribution in [2.75, 3.05) is 13.1 Å². The molecule has 6 nitrogen and oxygen atoms in total. The molecule has 0 saturated carbocycles. The first-order chi connectivity index (χ1) is 9.91. The van der Waals surface area contributed by atoms with Crippen LogP contribution in [0.5, 0.6) is 0 Å². The summed E-state index contributed by atoms with van der Waals surface area (Å²) in [5.74, 6) is -0.0838. The van der Waals surface area contributed by atoms with Crippen molar-refractivity contribution in [3.05, 3.63) is 16.1 Å². The number of nitrogens with zero attached hydrogens (tertiary/aromatic N) is 3. The fourth-order valence-corrected chi connectivity index (χ4v) is 3.72. The number of amides is 3. The Morgan fingerprint density at radius 1 is 1.48 bits per heavy atom. The summed E-state index contributed by atoms with van der Waals surface area (Å²) in [6.45, 7) is 7.81. The zero-order chi connectivity index (χ0) is 15.2. The van der Waals surface area contributed by atoms with E-state index in [1.807, 2.05) is 20.8 Å². The largest absolute Gasteiger partial charge is 0.325 e. The van der Waals surface area contributed by atoms with Crippen molar-refractivity contribution in [1.82, 2.24) is 20.1 Å². The molecule has 1 unspecified atom stereocenters. The first-order valence-electron chi connectivity index (χ1n) is 7.20. The number of carbonyl (C=O) groups is 2. The molecule has 2 aliphatic heterocycles. The van der Waals surface area contributed by atoms with E-state index in [0.717, 1.165) is 23.8 Å². The Morgan fingerprint density at radius 3 is 2.81 bits per heavy atom. The second-order valence-corrected chi connectivity index (χ2v) is 7.16. The highest BCUT2D eigenvalue weighted by Gasteiger charge is 2.55. The van der Waals surface area contributed by atoms with E-state index < -0.39 is 5.54 Å². The summed E-state index contributed by atoms with van der Waals surface area (Å²) in [4.78, 5) is 32.6. The van der Waals surface area contributed by atoms with Crippen molar-refractivity contribution < 1.29 is 9.59 Å². The van der Waals surface area contributed by atoms with Crippen LogP contribution in [0.2, 0.25) is 0 Å². The van der Waals surface area contributed by atoms with Gasteiger partial charge < -0.3 is 5.32 Å². The van der Waals surface area contributed by atoms with E-state index in [1.54, 1.807) is 11.3 Å². The van der Waals surface area contributed by atoms with E-state index in [9.17, 15) is 9.59 Å². The number of likely N-dealkylation sites (tertiary alicyclic amines) is 1. The van der Waals surface area contributed by atoms with Crippen molar-refractivity contribution in [2.24, 2.45) is 0 Å². The number of hydrogen-bond donors (Lipinski definition) is 1. The SMILES string of the molecule is Cc1nc(CN2CCC3(C2)NC(=O)N(C(C)C)C3=O)cs1. The quantitative estimate of drug-likeness (QED) is 0.856. The molecule has 1 aromatic heterocycles. The number of aromatic nitrogens is 1. The molecule has 0 radical (unpaired) electrons. The molecule has 2 fully saturated rings. The third-order valence-electron chi connectivity index (χ3n) is 4.11. The van der Waals surface area contributed by atoms with Gasteiger partial charge in [-0.05, 0) is 27.2 Å². The number of carbonyl (C=O) groups excluding carboxylic acids is 2. The molecule has 21 heavy (non-hydrogen) atoms. The van der Waals surface area contributed by atoms with Crippen LogP contribution in [0.1, 0.15) is 31.0 Å². The molecule has 0 aromatic carbocycles. The van der Waals surface area contributed by atoms with Crippen LogP contribution in [0, 0.1) is 6.92 Å². The maximum Gasteiger partial charge on any atom is 0.325 e. The smallest absolute Gasteiger partial charge is 0.322 e. The maximum atomic E-state index is 12.6. The molecule has 3 heterocycles. The summed E-state index contributed by atoms with van der Waals surface area (Å²) in [5.41, 5.74) is 0.305. The molecule has 7 heteroatoms. The van der Waals surface area contributed by atoms with Crippen LogP contribution in [0.4, 0.5) is 4.79 Å². The highest BCUT2D eigenvalue weighted by molar-refractivity contribution is 7.09. The van der Waals surface area contributed by atoms with Crippen LogP contribution < -0.4 is 5.32 Å². The number of thiazole rings is 1. The van der Waals surface area contributed by atoms with Gasteiger partial charge in [-0.2, -0.15) is 0 Å². The van der Waals surface area contributed by atoms with E-state index in [4.69, 9.17) is 0 Å². The van der Waals surface area contributed by atoms with Crippen molar-refractivity contribution in [3.8, 4) is 0 Å². The normalized spacial score (nSPS) is 26.4. The Balaban J connectivity index is 1.71. The molecule has 1 spiro atoms. The third-order valence-corrected chi connectivity index (χ3v) is 4.93. The van der Waals surface area contributed by atoms with Crippen LogP contribution in [0.3, 0.4) is 0 Å². The van der Waals surface area contributed by atoms with E-state index in [2.05, 4.69) is 20.6 Å². The molecular formula is C14H20N4O2S. The molecule has 2 aliphatic rings. The fourth-order valence-electron chi connectivity index (χ4n) is 3.12. The van der Waals surface area contributed by atoms with Crippen molar-refractivity contribution in [2.45, 2.75) is 45.3 Å². The van der Waals surface area contributed by atoms with Gasteiger partial charge in [0.05, 0.1) is 10.7 Å². The van der Waals surface area contributed by atoms with E-state index in [-0.39, 0.29) is 18.0 Å². The van der Waals surface area contributed by atoms with Crippen LogP contribution in [-0.4, -0.2) is 51.4 Å². The highest BCUT2D eigenvalue weighted by atomic mass is 32.1. The minimum absolute atomic E-state index is 0.0838. The molecule has 3 amide bonds. The number of urea groups is 1. The zero-order valence-electron chi connectivity index (χ0n) is 12.5. The average molecular weight is 308 g/mol. The highest BCUT2D eigenvalue weighted by Crippen LogP contribution is 2.30.